The van der Waals surface area contributed by atoms with E-state index < -0.39 is 0 Å². The molecule has 4 heteroatoms. The number of unbranched alkanes of at least 4 members (excludes halogenated alkanes) is 1. The van der Waals surface area contributed by atoms with Gasteiger partial charge >= 0.3 is 0 Å². The first-order chi connectivity index (χ1) is 8.96. The molecule has 0 radical (unpaired) electrons. The van der Waals surface area contributed by atoms with E-state index in [1.54, 1.807) is 0 Å². The maximum atomic E-state index is 5.79. The maximum absolute atomic E-state index is 5.79. The van der Waals surface area contributed by atoms with Gasteiger partial charge in [-0.2, -0.15) is 0 Å². The molecule has 0 bridgehead atoms. The number of rotatable bonds is 8. The summed E-state index contributed by atoms with van der Waals surface area (Å²) in [4.78, 5) is 0. The molecule has 4 nitrogen and oxygen atoms in total. The van der Waals surface area contributed by atoms with Crippen molar-refractivity contribution < 1.29 is 4.42 Å². The topological polar surface area (TPSA) is 51.0 Å². The SMILES string of the molecule is CCCCC(CC)c1nnc(CCNC(C)(C)C)o1. The van der Waals surface area contributed by atoms with Gasteiger partial charge in [-0.25, -0.2) is 0 Å². The van der Waals surface area contributed by atoms with Gasteiger partial charge in [0.05, 0.1) is 0 Å². The van der Waals surface area contributed by atoms with Gasteiger partial charge in [0.1, 0.15) is 0 Å². The van der Waals surface area contributed by atoms with E-state index in [4.69, 9.17) is 4.42 Å². The van der Waals surface area contributed by atoms with Crippen LogP contribution in [0.15, 0.2) is 4.42 Å². The molecule has 1 heterocycles. The van der Waals surface area contributed by atoms with Crippen LogP contribution in [0.4, 0.5) is 0 Å². The number of aromatic nitrogens is 2. The minimum absolute atomic E-state index is 0.135. The largest absolute Gasteiger partial charge is 0.425 e. The molecule has 19 heavy (non-hydrogen) atoms. The third kappa shape index (κ3) is 6.19. The van der Waals surface area contributed by atoms with Crippen molar-refractivity contribution in [3.8, 4) is 0 Å². The summed E-state index contributed by atoms with van der Waals surface area (Å²) < 4.78 is 5.79. The van der Waals surface area contributed by atoms with Crippen molar-refractivity contribution in [1.82, 2.24) is 15.5 Å². The van der Waals surface area contributed by atoms with Crippen LogP contribution in [0, 0.1) is 0 Å². The molecular weight excluding hydrogens is 238 g/mol. The Morgan fingerprint density at radius 3 is 2.53 bits per heavy atom. The summed E-state index contributed by atoms with van der Waals surface area (Å²) in [5.74, 6) is 2.00. The molecule has 0 aliphatic rings. The summed E-state index contributed by atoms with van der Waals surface area (Å²) in [6.45, 7) is 11.7. The Morgan fingerprint density at radius 1 is 1.21 bits per heavy atom. The fourth-order valence-electron chi connectivity index (χ4n) is 2.03. The Morgan fingerprint density at radius 2 is 1.95 bits per heavy atom. The number of hydrogen-bond donors (Lipinski definition) is 1. The van der Waals surface area contributed by atoms with E-state index in [1.165, 1.54) is 12.8 Å². The Balaban J connectivity index is 2.46. The van der Waals surface area contributed by atoms with E-state index in [1.807, 2.05) is 0 Å². The molecule has 0 spiro atoms. The quantitative estimate of drug-likeness (QED) is 0.780. The fraction of sp³-hybridized carbons (Fsp3) is 0.867. The Hall–Kier alpha value is -0.900. The molecule has 0 aliphatic heterocycles. The standard InChI is InChI=1S/C15H29N3O/c1-6-8-9-12(7-2)14-18-17-13(19-14)10-11-16-15(3,4)5/h12,16H,6-11H2,1-5H3. The third-order valence-corrected chi connectivity index (χ3v) is 3.22. The van der Waals surface area contributed by atoms with Crippen LogP contribution in [0.3, 0.4) is 0 Å². The lowest BCUT2D eigenvalue weighted by molar-refractivity contribution is 0.377. The third-order valence-electron chi connectivity index (χ3n) is 3.22. The minimum Gasteiger partial charge on any atom is -0.425 e. The van der Waals surface area contributed by atoms with Gasteiger partial charge in [0, 0.05) is 24.4 Å². The smallest absolute Gasteiger partial charge is 0.219 e. The molecule has 1 rings (SSSR count). The molecule has 0 saturated heterocycles. The molecule has 110 valence electrons. The second kappa shape index (κ2) is 7.63. The van der Waals surface area contributed by atoms with Crippen LogP contribution in [0.5, 0.6) is 0 Å². The van der Waals surface area contributed by atoms with Gasteiger partial charge in [0.25, 0.3) is 0 Å². The van der Waals surface area contributed by atoms with Gasteiger partial charge < -0.3 is 9.73 Å². The minimum atomic E-state index is 0.135. The molecule has 0 amide bonds. The average molecular weight is 267 g/mol. The molecule has 1 atom stereocenters. The summed E-state index contributed by atoms with van der Waals surface area (Å²) in [6, 6.07) is 0. The van der Waals surface area contributed by atoms with Gasteiger partial charge in [0.2, 0.25) is 11.8 Å². The highest BCUT2D eigenvalue weighted by atomic mass is 16.4. The van der Waals surface area contributed by atoms with E-state index in [2.05, 4.69) is 50.1 Å². The molecule has 0 saturated carbocycles. The average Bonchev–Trinajstić information content (AvgIpc) is 2.77. The highest BCUT2D eigenvalue weighted by Crippen LogP contribution is 2.24. The van der Waals surface area contributed by atoms with Gasteiger partial charge in [-0.15, -0.1) is 10.2 Å². The highest BCUT2D eigenvalue weighted by Gasteiger charge is 2.16. The van der Waals surface area contributed by atoms with Crippen LogP contribution in [0.1, 0.15) is 78.0 Å². The second-order valence-electron chi connectivity index (χ2n) is 6.21. The molecule has 0 aliphatic carbocycles. The van der Waals surface area contributed by atoms with E-state index in [-0.39, 0.29) is 5.54 Å². The van der Waals surface area contributed by atoms with E-state index in [9.17, 15) is 0 Å². The van der Waals surface area contributed by atoms with E-state index in [0.29, 0.717) is 5.92 Å². The summed E-state index contributed by atoms with van der Waals surface area (Å²) in [6.07, 6.45) is 5.46. The maximum Gasteiger partial charge on any atom is 0.219 e. The summed E-state index contributed by atoms with van der Waals surface area (Å²) in [5.41, 5.74) is 0.135. The van der Waals surface area contributed by atoms with Crippen molar-refractivity contribution in [3.63, 3.8) is 0 Å². The molecule has 1 unspecified atom stereocenters. The van der Waals surface area contributed by atoms with Crippen LogP contribution in [0.2, 0.25) is 0 Å². The van der Waals surface area contributed by atoms with E-state index in [0.717, 1.165) is 37.6 Å². The fourth-order valence-corrected chi connectivity index (χ4v) is 2.03. The zero-order valence-corrected chi connectivity index (χ0v) is 13.1. The summed E-state index contributed by atoms with van der Waals surface area (Å²) in [5, 5.41) is 11.8. The highest BCUT2D eigenvalue weighted by molar-refractivity contribution is 4.91. The molecule has 1 N–H and O–H groups in total. The van der Waals surface area contributed by atoms with E-state index >= 15 is 0 Å². The molecule has 0 aromatic carbocycles. The number of nitrogens with one attached hydrogen (secondary N) is 1. The molecule has 0 fully saturated rings. The predicted octanol–water partition coefficient (Wildman–Crippen LogP) is 3.68. The summed E-state index contributed by atoms with van der Waals surface area (Å²) >= 11 is 0. The van der Waals surface area contributed by atoms with Crippen molar-refractivity contribution in [1.29, 1.82) is 0 Å². The Bertz CT molecular complexity index is 355. The van der Waals surface area contributed by atoms with Crippen LogP contribution >= 0.6 is 0 Å². The first-order valence-electron chi connectivity index (χ1n) is 7.53. The Labute approximate surface area is 117 Å². The first kappa shape index (κ1) is 16.2. The first-order valence-corrected chi connectivity index (χ1v) is 7.53. The monoisotopic (exact) mass is 267 g/mol. The normalized spacial score (nSPS) is 13.7. The van der Waals surface area contributed by atoms with Crippen molar-refractivity contribution >= 4 is 0 Å². The number of hydrogen-bond acceptors (Lipinski definition) is 4. The van der Waals surface area contributed by atoms with Crippen molar-refractivity contribution in [3.05, 3.63) is 11.8 Å². The molecule has 1 aromatic heterocycles. The van der Waals surface area contributed by atoms with Crippen molar-refractivity contribution in [2.45, 2.75) is 78.2 Å². The lowest BCUT2D eigenvalue weighted by Crippen LogP contribution is -2.37. The van der Waals surface area contributed by atoms with Crippen molar-refractivity contribution in [2.24, 2.45) is 0 Å². The molecular formula is C15H29N3O. The summed E-state index contributed by atoms with van der Waals surface area (Å²) in [7, 11) is 0. The van der Waals surface area contributed by atoms with Crippen LogP contribution < -0.4 is 5.32 Å². The van der Waals surface area contributed by atoms with Crippen LogP contribution in [0.25, 0.3) is 0 Å². The lowest BCUT2D eigenvalue weighted by atomic mass is 10.00. The number of nitrogens with zero attached hydrogens (tertiary/aromatic N) is 2. The zero-order chi connectivity index (χ0) is 14.3. The zero-order valence-electron chi connectivity index (χ0n) is 13.1. The van der Waals surface area contributed by atoms with Gasteiger partial charge in [-0.1, -0.05) is 26.7 Å². The predicted molar refractivity (Wildman–Crippen MR) is 78.3 cm³/mol. The van der Waals surface area contributed by atoms with Gasteiger partial charge in [-0.3, -0.25) is 0 Å². The van der Waals surface area contributed by atoms with Crippen LogP contribution in [-0.4, -0.2) is 22.3 Å². The van der Waals surface area contributed by atoms with Crippen LogP contribution in [-0.2, 0) is 6.42 Å². The second-order valence-corrected chi connectivity index (χ2v) is 6.21. The Kier molecular flexibility index (Phi) is 6.49. The lowest BCUT2D eigenvalue weighted by Gasteiger charge is -2.19. The van der Waals surface area contributed by atoms with Gasteiger partial charge in [0.15, 0.2) is 0 Å². The van der Waals surface area contributed by atoms with Crippen molar-refractivity contribution in [2.75, 3.05) is 6.54 Å². The molecule has 1 aromatic rings. The van der Waals surface area contributed by atoms with Gasteiger partial charge in [-0.05, 0) is 33.6 Å².